The lowest BCUT2D eigenvalue weighted by Gasteiger charge is -2.35. The number of nitrogens with zero attached hydrogens (tertiary/aromatic N) is 5. The highest BCUT2D eigenvalue weighted by molar-refractivity contribution is 7.14. The van der Waals surface area contributed by atoms with Crippen LogP contribution < -0.4 is 9.80 Å². The highest BCUT2D eigenvalue weighted by atomic mass is 35.5. The molecule has 2 aromatic heterocycles. The third-order valence-corrected chi connectivity index (χ3v) is 5.90. The van der Waals surface area contributed by atoms with Gasteiger partial charge in [-0.05, 0) is 25.0 Å². The van der Waals surface area contributed by atoms with Gasteiger partial charge in [0.25, 0.3) is 0 Å². The Kier molecular flexibility index (Phi) is 5.11. The van der Waals surface area contributed by atoms with Crippen molar-refractivity contribution in [2.45, 2.75) is 32.4 Å². The molecule has 1 aliphatic heterocycles. The SMILES string of the molecule is CC(=O)N(c1nc(CN2CCN(c3ccc(Cl)cn3)CC2)cs1)C1CC1. The van der Waals surface area contributed by atoms with Crippen molar-refractivity contribution in [3.63, 3.8) is 0 Å². The number of hydrogen-bond donors (Lipinski definition) is 0. The van der Waals surface area contributed by atoms with E-state index >= 15 is 0 Å². The van der Waals surface area contributed by atoms with E-state index in [1.807, 2.05) is 17.0 Å². The maximum Gasteiger partial charge on any atom is 0.225 e. The molecule has 4 rings (SSSR count). The molecule has 8 heteroatoms. The number of halogens is 1. The molecule has 0 N–H and O–H groups in total. The van der Waals surface area contributed by atoms with Crippen molar-refractivity contribution < 1.29 is 4.79 Å². The second-order valence-corrected chi connectivity index (χ2v) is 8.11. The number of amides is 1. The molecule has 6 nitrogen and oxygen atoms in total. The summed E-state index contributed by atoms with van der Waals surface area (Å²) in [5, 5.41) is 3.59. The molecule has 0 atom stereocenters. The summed E-state index contributed by atoms with van der Waals surface area (Å²) in [6.07, 6.45) is 3.88. The molecule has 2 aromatic rings. The zero-order valence-electron chi connectivity index (χ0n) is 14.8. The zero-order chi connectivity index (χ0) is 18.1. The molecule has 1 saturated carbocycles. The molecule has 2 fully saturated rings. The van der Waals surface area contributed by atoms with Crippen molar-refractivity contribution in [1.29, 1.82) is 0 Å². The van der Waals surface area contributed by atoms with E-state index in [2.05, 4.69) is 20.2 Å². The van der Waals surface area contributed by atoms with Gasteiger partial charge in [-0.15, -0.1) is 11.3 Å². The molecule has 1 aliphatic carbocycles. The van der Waals surface area contributed by atoms with Crippen LogP contribution in [-0.4, -0.2) is 53.0 Å². The number of anilines is 2. The Morgan fingerprint density at radius 1 is 1.31 bits per heavy atom. The minimum absolute atomic E-state index is 0.0949. The molecule has 1 amide bonds. The number of rotatable bonds is 5. The van der Waals surface area contributed by atoms with Crippen LogP contribution in [0.15, 0.2) is 23.7 Å². The first kappa shape index (κ1) is 17.7. The molecule has 2 aliphatic rings. The molecular formula is C18H22ClN5OS. The van der Waals surface area contributed by atoms with Crippen molar-refractivity contribution in [2.24, 2.45) is 0 Å². The van der Waals surface area contributed by atoms with Crippen LogP contribution in [0.5, 0.6) is 0 Å². The van der Waals surface area contributed by atoms with E-state index in [1.54, 1.807) is 24.5 Å². The molecule has 26 heavy (non-hydrogen) atoms. The molecule has 138 valence electrons. The summed E-state index contributed by atoms with van der Waals surface area (Å²) < 4.78 is 0. The highest BCUT2D eigenvalue weighted by Crippen LogP contribution is 2.33. The Bertz CT molecular complexity index is 768. The van der Waals surface area contributed by atoms with Gasteiger partial charge in [0, 0.05) is 57.3 Å². The number of carbonyl (C=O) groups is 1. The van der Waals surface area contributed by atoms with Gasteiger partial charge in [-0.3, -0.25) is 14.6 Å². The molecule has 0 unspecified atom stereocenters. The molecule has 3 heterocycles. The molecule has 1 saturated heterocycles. The van der Waals surface area contributed by atoms with Crippen LogP contribution in [0.2, 0.25) is 5.02 Å². The van der Waals surface area contributed by atoms with Crippen LogP contribution in [-0.2, 0) is 11.3 Å². The minimum Gasteiger partial charge on any atom is -0.354 e. The van der Waals surface area contributed by atoms with Crippen molar-refractivity contribution in [3.05, 3.63) is 34.4 Å². The molecular weight excluding hydrogens is 370 g/mol. The van der Waals surface area contributed by atoms with Gasteiger partial charge in [-0.25, -0.2) is 9.97 Å². The standard InChI is InChI=1S/C18H22ClN5OS/c1-13(25)24(16-3-4-16)18-21-15(12-26-18)11-22-6-8-23(9-7-22)17-5-2-14(19)10-20-17/h2,5,10,12,16H,3-4,6-9,11H2,1H3. The highest BCUT2D eigenvalue weighted by Gasteiger charge is 2.33. The summed E-state index contributed by atoms with van der Waals surface area (Å²) in [5.74, 6) is 1.07. The monoisotopic (exact) mass is 391 g/mol. The van der Waals surface area contributed by atoms with E-state index in [4.69, 9.17) is 16.6 Å². The Morgan fingerprint density at radius 2 is 2.08 bits per heavy atom. The molecule has 0 bridgehead atoms. The second-order valence-electron chi connectivity index (χ2n) is 6.84. The largest absolute Gasteiger partial charge is 0.354 e. The summed E-state index contributed by atoms with van der Waals surface area (Å²) in [7, 11) is 0. The first-order chi connectivity index (χ1) is 12.6. The topological polar surface area (TPSA) is 52.6 Å². The summed E-state index contributed by atoms with van der Waals surface area (Å²) in [5.41, 5.74) is 1.05. The van der Waals surface area contributed by atoms with Gasteiger partial charge >= 0.3 is 0 Å². The zero-order valence-corrected chi connectivity index (χ0v) is 16.3. The predicted molar refractivity (Wildman–Crippen MR) is 105 cm³/mol. The first-order valence-corrected chi connectivity index (χ1v) is 10.2. The van der Waals surface area contributed by atoms with Gasteiger partial charge in [0.15, 0.2) is 5.13 Å². The van der Waals surface area contributed by atoms with E-state index in [9.17, 15) is 4.79 Å². The maximum absolute atomic E-state index is 11.9. The number of aromatic nitrogens is 2. The number of carbonyl (C=O) groups excluding carboxylic acids is 1. The lowest BCUT2D eigenvalue weighted by atomic mass is 10.3. The van der Waals surface area contributed by atoms with E-state index in [0.717, 1.165) is 62.2 Å². The van der Waals surface area contributed by atoms with Crippen LogP contribution in [0.3, 0.4) is 0 Å². The van der Waals surface area contributed by atoms with E-state index < -0.39 is 0 Å². The van der Waals surface area contributed by atoms with E-state index in [0.29, 0.717) is 11.1 Å². The van der Waals surface area contributed by atoms with Gasteiger partial charge in [-0.1, -0.05) is 11.6 Å². The van der Waals surface area contributed by atoms with Crippen molar-refractivity contribution >= 4 is 39.8 Å². The maximum atomic E-state index is 11.9. The van der Waals surface area contributed by atoms with Crippen LogP contribution in [0.25, 0.3) is 0 Å². The first-order valence-electron chi connectivity index (χ1n) is 8.93. The molecule has 0 radical (unpaired) electrons. The lowest BCUT2D eigenvalue weighted by molar-refractivity contribution is -0.116. The smallest absolute Gasteiger partial charge is 0.225 e. The van der Waals surface area contributed by atoms with Crippen LogP contribution in [0.1, 0.15) is 25.5 Å². The predicted octanol–water partition coefficient (Wildman–Crippen LogP) is 3.03. The fraction of sp³-hybridized carbons (Fsp3) is 0.500. The van der Waals surface area contributed by atoms with Gasteiger partial charge in [0.05, 0.1) is 10.7 Å². The summed E-state index contributed by atoms with van der Waals surface area (Å²) in [6.45, 7) is 6.27. The Hall–Kier alpha value is -1.70. The average molecular weight is 392 g/mol. The van der Waals surface area contributed by atoms with Gasteiger partial charge in [0.1, 0.15) is 5.82 Å². The quantitative estimate of drug-likeness (QED) is 0.784. The number of hydrogen-bond acceptors (Lipinski definition) is 6. The number of thiazole rings is 1. The lowest BCUT2D eigenvalue weighted by Crippen LogP contribution is -2.46. The van der Waals surface area contributed by atoms with E-state index in [1.165, 1.54) is 0 Å². The summed E-state index contributed by atoms with van der Waals surface area (Å²) in [6, 6.07) is 4.22. The summed E-state index contributed by atoms with van der Waals surface area (Å²) >= 11 is 7.49. The van der Waals surface area contributed by atoms with Crippen molar-refractivity contribution in [1.82, 2.24) is 14.9 Å². The number of pyridine rings is 1. The van der Waals surface area contributed by atoms with Crippen molar-refractivity contribution in [2.75, 3.05) is 36.0 Å². The van der Waals surface area contributed by atoms with Crippen LogP contribution >= 0.6 is 22.9 Å². The fourth-order valence-corrected chi connectivity index (χ4v) is 4.32. The van der Waals surface area contributed by atoms with Gasteiger partial charge in [0.2, 0.25) is 5.91 Å². The average Bonchev–Trinajstić information content (AvgIpc) is 3.35. The Labute approximate surface area is 162 Å². The third-order valence-electron chi connectivity index (χ3n) is 4.79. The normalized spacial score (nSPS) is 18.2. The van der Waals surface area contributed by atoms with Gasteiger partial charge in [-0.2, -0.15) is 0 Å². The Balaban J connectivity index is 1.33. The number of piperazine rings is 1. The third kappa shape index (κ3) is 4.00. The Morgan fingerprint density at radius 3 is 2.69 bits per heavy atom. The fourth-order valence-electron chi connectivity index (χ4n) is 3.28. The molecule has 0 aromatic carbocycles. The van der Waals surface area contributed by atoms with Gasteiger partial charge < -0.3 is 4.90 Å². The second kappa shape index (κ2) is 7.50. The minimum atomic E-state index is 0.0949. The molecule has 0 spiro atoms. The summed E-state index contributed by atoms with van der Waals surface area (Å²) in [4.78, 5) is 27.5. The van der Waals surface area contributed by atoms with Crippen LogP contribution in [0, 0.1) is 0 Å². The van der Waals surface area contributed by atoms with Crippen molar-refractivity contribution in [3.8, 4) is 0 Å². The van der Waals surface area contributed by atoms with E-state index in [-0.39, 0.29) is 5.91 Å². The van der Waals surface area contributed by atoms with Crippen LogP contribution in [0.4, 0.5) is 10.9 Å².